The molecule has 0 aliphatic carbocycles. The summed E-state index contributed by atoms with van der Waals surface area (Å²) in [6.45, 7) is 7.05. The number of sulfone groups is 1. The van der Waals surface area contributed by atoms with E-state index in [0.29, 0.717) is 17.1 Å². The van der Waals surface area contributed by atoms with Crippen molar-refractivity contribution in [2.24, 2.45) is 0 Å². The van der Waals surface area contributed by atoms with Gasteiger partial charge in [-0.2, -0.15) is 4.31 Å². The van der Waals surface area contributed by atoms with Crippen LogP contribution in [0.1, 0.15) is 30.9 Å². The van der Waals surface area contributed by atoms with Crippen LogP contribution in [0.25, 0.3) is 0 Å². The topological polar surface area (TPSA) is 84.7 Å². The molecule has 138 valence electrons. The molecule has 8 heteroatoms. The maximum atomic E-state index is 13.2. The van der Waals surface area contributed by atoms with Gasteiger partial charge in [0.15, 0.2) is 9.84 Å². The van der Waals surface area contributed by atoms with Crippen LogP contribution in [0.2, 0.25) is 0 Å². The van der Waals surface area contributed by atoms with E-state index in [-0.39, 0.29) is 22.4 Å². The van der Waals surface area contributed by atoms with Gasteiger partial charge in [0.05, 0.1) is 16.3 Å². The van der Waals surface area contributed by atoms with Gasteiger partial charge in [0.25, 0.3) is 0 Å². The van der Waals surface area contributed by atoms with E-state index in [9.17, 15) is 16.8 Å². The molecule has 0 spiro atoms. The predicted molar refractivity (Wildman–Crippen MR) is 95.6 cm³/mol. The van der Waals surface area contributed by atoms with Crippen LogP contribution < -0.4 is 0 Å². The van der Waals surface area contributed by atoms with Crippen molar-refractivity contribution < 1.29 is 21.3 Å². The molecule has 1 aromatic heterocycles. The summed E-state index contributed by atoms with van der Waals surface area (Å²) in [5, 5.41) is 0. The van der Waals surface area contributed by atoms with Crippen LogP contribution in [0.15, 0.2) is 44.5 Å². The lowest BCUT2D eigenvalue weighted by molar-refractivity contribution is 0.314. The molecule has 0 N–H and O–H groups in total. The highest BCUT2D eigenvalue weighted by molar-refractivity contribution is 7.91. The summed E-state index contributed by atoms with van der Waals surface area (Å²) in [5.74, 6) is 1.23. The molecule has 0 amide bonds. The first-order valence-electron chi connectivity index (χ1n) is 7.81. The Kier molecular flexibility index (Phi) is 5.46. The zero-order chi connectivity index (χ0) is 19.0. The van der Waals surface area contributed by atoms with Crippen molar-refractivity contribution in [1.29, 1.82) is 0 Å². The van der Waals surface area contributed by atoms with Crippen molar-refractivity contribution in [3.8, 4) is 0 Å². The zero-order valence-corrected chi connectivity index (χ0v) is 16.6. The molecule has 1 aromatic carbocycles. The van der Waals surface area contributed by atoms with Gasteiger partial charge in [-0.15, -0.1) is 0 Å². The summed E-state index contributed by atoms with van der Waals surface area (Å²) in [6.07, 6.45) is 1.06. The Morgan fingerprint density at radius 3 is 2.16 bits per heavy atom. The van der Waals surface area contributed by atoms with Gasteiger partial charge < -0.3 is 4.42 Å². The number of benzene rings is 1. The van der Waals surface area contributed by atoms with Crippen LogP contribution in [-0.2, 0) is 26.4 Å². The van der Waals surface area contributed by atoms with Crippen LogP contribution in [0.5, 0.6) is 0 Å². The van der Waals surface area contributed by atoms with Gasteiger partial charge >= 0.3 is 0 Å². The molecule has 0 aliphatic heterocycles. The van der Waals surface area contributed by atoms with Crippen LogP contribution in [0.3, 0.4) is 0 Å². The highest BCUT2D eigenvalue weighted by atomic mass is 32.2. The molecule has 0 unspecified atom stereocenters. The fourth-order valence-corrected chi connectivity index (χ4v) is 5.06. The quantitative estimate of drug-likeness (QED) is 0.763. The second-order valence-corrected chi connectivity index (χ2v) is 10.2. The second kappa shape index (κ2) is 6.93. The summed E-state index contributed by atoms with van der Waals surface area (Å²) in [7, 11) is -7.40. The summed E-state index contributed by atoms with van der Waals surface area (Å²) in [4.78, 5) is -0.0263. The smallest absolute Gasteiger partial charge is 0.244 e. The molecule has 0 saturated carbocycles. The second-order valence-electron chi connectivity index (χ2n) is 6.36. The van der Waals surface area contributed by atoms with E-state index in [0.717, 1.165) is 6.26 Å². The van der Waals surface area contributed by atoms with Crippen LogP contribution in [-0.4, -0.2) is 33.4 Å². The molecule has 2 aromatic rings. The van der Waals surface area contributed by atoms with E-state index in [1.807, 2.05) is 0 Å². The number of sulfonamides is 1. The van der Waals surface area contributed by atoms with Gasteiger partial charge in [0, 0.05) is 12.3 Å². The molecule has 0 fully saturated rings. The van der Waals surface area contributed by atoms with Crippen molar-refractivity contribution in [3.05, 3.63) is 47.4 Å². The van der Waals surface area contributed by atoms with E-state index in [1.54, 1.807) is 39.8 Å². The Hall–Kier alpha value is -1.64. The fraction of sp³-hybridized carbons (Fsp3) is 0.412. The molecular formula is C17H23NO5S2. The van der Waals surface area contributed by atoms with Gasteiger partial charge in [-0.1, -0.05) is 6.07 Å². The summed E-state index contributed by atoms with van der Waals surface area (Å²) in [6, 6.07) is 7.34. The zero-order valence-electron chi connectivity index (χ0n) is 15.0. The minimum absolute atomic E-state index is 0.00703. The molecule has 0 saturated heterocycles. The third-order valence-electron chi connectivity index (χ3n) is 3.86. The van der Waals surface area contributed by atoms with Gasteiger partial charge in [-0.05, 0) is 57.5 Å². The van der Waals surface area contributed by atoms with E-state index in [4.69, 9.17) is 4.42 Å². The van der Waals surface area contributed by atoms with Crippen LogP contribution >= 0.6 is 0 Å². The predicted octanol–water partition coefficient (Wildman–Crippen LogP) is 2.90. The van der Waals surface area contributed by atoms with Crippen molar-refractivity contribution >= 4 is 19.9 Å². The van der Waals surface area contributed by atoms with Crippen LogP contribution in [0, 0.1) is 13.8 Å². The van der Waals surface area contributed by atoms with Crippen molar-refractivity contribution in [3.63, 3.8) is 0 Å². The first kappa shape index (κ1) is 19.7. The van der Waals surface area contributed by atoms with Gasteiger partial charge in [-0.3, -0.25) is 0 Å². The Balaban J connectivity index is 2.54. The Morgan fingerprint density at radius 2 is 1.68 bits per heavy atom. The highest BCUT2D eigenvalue weighted by Gasteiger charge is 2.30. The first-order valence-corrected chi connectivity index (χ1v) is 11.1. The minimum atomic E-state index is -3.89. The molecule has 2 rings (SSSR count). The van der Waals surface area contributed by atoms with Crippen molar-refractivity contribution in [2.75, 3.05) is 6.26 Å². The Bertz CT molecular complexity index is 972. The van der Waals surface area contributed by atoms with Gasteiger partial charge in [-0.25, -0.2) is 16.8 Å². The fourth-order valence-electron chi connectivity index (χ4n) is 2.48. The summed E-state index contributed by atoms with van der Waals surface area (Å²) in [5.41, 5.74) is 0.494. The third kappa shape index (κ3) is 4.31. The van der Waals surface area contributed by atoms with Crippen molar-refractivity contribution in [1.82, 2.24) is 4.31 Å². The molecular weight excluding hydrogens is 362 g/mol. The Morgan fingerprint density at radius 1 is 1.04 bits per heavy atom. The first-order chi connectivity index (χ1) is 11.4. The maximum Gasteiger partial charge on any atom is 0.244 e. The van der Waals surface area contributed by atoms with E-state index in [1.165, 1.54) is 22.5 Å². The lowest BCUT2D eigenvalue weighted by atomic mass is 10.2. The normalized spacial score (nSPS) is 12.9. The van der Waals surface area contributed by atoms with Gasteiger partial charge in [0.2, 0.25) is 10.0 Å². The van der Waals surface area contributed by atoms with E-state index in [2.05, 4.69) is 0 Å². The number of furan rings is 1. The molecule has 25 heavy (non-hydrogen) atoms. The Labute approximate surface area is 149 Å². The lowest BCUT2D eigenvalue weighted by Crippen LogP contribution is -2.36. The number of aryl methyl sites for hydroxylation is 2. The van der Waals surface area contributed by atoms with E-state index < -0.39 is 19.9 Å². The third-order valence-corrected chi connectivity index (χ3v) is 7.13. The highest BCUT2D eigenvalue weighted by Crippen LogP contribution is 2.26. The SMILES string of the molecule is Cc1ccc(CN(C(C)C)S(=O)(=O)c2cc(S(C)(=O)=O)ccc2C)o1. The lowest BCUT2D eigenvalue weighted by Gasteiger charge is -2.26. The number of hydrogen-bond acceptors (Lipinski definition) is 5. The van der Waals surface area contributed by atoms with E-state index >= 15 is 0 Å². The van der Waals surface area contributed by atoms with Crippen LogP contribution in [0.4, 0.5) is 0 Å². The maximum absolute atomic E-state index is 13.2. The monoisotopic (exact) mass is 385 g/mol. The molecule has 0 aliphatic rings. The number of hydrogen-bond donors (Lipinski definition) is 0. The average Bonchev–Trinajstić information content (AvgIpc) is 2.88. The molecule has 0 radical (unpaired) electrons. The molecule has 0 atom stereocenters. The summed E-state index contributed by atoms with van der Waals surface area (Å²) >= 11 is 0. The standard InChI is InChI=1S/C17H23NO5S2/c1-12(2)18(11-15-8-7-14(4)23-15)25(21,22)17-10-16(24(5,19)20)9-6-13(17)3/h6-10,12H,11H2,1-5H3. The largest absolute Gasteiger partial charge is 0.465 e. The summed E-state index contributed by atoms with van der Waals surface area (Å²) < 4.78 is 56.8. The molecule has 0 bridgehead atoms. The number of nitrogens with zero attached hydrogens (tertiary/aromatic N) is 1. The van der Waals surface area contributed by atoms with Crippen molar-refractivity contribution in [2.45, 2.75) is 50.1 Å². The average molecular weight is 386 g/mol. The minimum Gasteiger partial charge on any atom is -0.465 e. The molecule has 6 nitrogen and oxygen atoms in total. The number of rotatable bonds is 6. The molecule has 1 heterocycles. The van der Waals surface area contributed by atoms with Gasteiger partial charge in [0.1, 0.15) is 11.5 Å².